The zero-order chi connectivity index (χ0) is 25.4. The van der Waals surface area contributed by atoms with Crippen LogP contribution >= 0.6 is 11.6 Å². The van der Waals surface area contributed by atoms with Crippen molar-refractivity contribution in [2.24, 2.45) is 0 Å². The number of hydrogen-bond donors (Lipinski definition) is 3. The Morgan fingerprint density at radius 1 is 1.05 bits per heavy atom. The van der Waals surface area contributed by atoms with Crippen molar-refractivity contribution >= 4 is 46.0 Å². The minimum atomic E-state index is -0.0371. The van der Waals surface area contributed by atoms with Crippen LogP contribution < -0.4 is 20.1 Å². The summed E-state index contributed by atoms with van der Waals surface area (Å²) in [5.41, 5.74) is 1.73. The number of carbonyl (C=O) groups is 1. The SMILES string of the molecule is CNc1nc(Nc2ccc(C(=O)N3CCC(N4CCOCC4)CC3)c3c2OCCO3)nc2[nH]cc(Cl)c12. The zero-order valence-corrected chi connectivity index (χ0v) is 21.4. The Kier molecular flexibility index (Phi) is 6.66. The lowest BCUT2D eigenvalue weighted by Crippen LogP contribution is -2.50. The van der Waals surface area contributed by atoms with Crippen molar-refractivity contribution in [1.29, 1.82) is 0 Å². The van der Waals surface area contributed by atoms with Gasteiger partial charge in [-0.1, -0.05) is 11.6 Å². The van der Waals surface area contributed by atoms with E-state index in [1.54, 1.807) is 19.3 Å². The predicted molar refractivity (Wildman–Crippen MR) is 140 cm³/mol. The van der Waals surface area contributed by atoms with E-state index in [1.807, 2.05) is 11.0 Å². The third-order valence-corrected chi connectivity index (χ3v) is 7.50. The maximum Gasteiger partial charge on any atom is 0.257 e. The number of fused-ring (bicyclic) bond motifs is 2. The van der Waals surface area contributed by atoms with Crippen LogP contribution in [0, 0.1) is 0 Å². The van der Waals surface area contributed by atoms with E-state index < -0.39 is 0 Å². The second kappa shape index (κ2) is 10.2. The van der Waals surface area contributed by atoms with E-state index in [0.29, 0.717) is 64.4 Å². The Morgan fingerprint density at radius 2 is 1.81 bits per heavy atom. The summed E-state index contributed by atoms with van der Waals surface area (Å²) in [5.74, 6) is 1.85. The largest absolute Gasteiger partial charge is 0.485 e. The van der Waals surface area contributed by atoms with Gasteiger partial charge in [-0.25, -0.2) is 0 Å². The molecule has 2 fully saturated rings. The van der Waals surface area contributed by atoms with E-state index in [1.165, 1.54) is 0 Å². The molecule has 11 nitrogen and oxygen atoms in total. The molecule has 2 aromatic heterocycles. The van der Waals surface area contributed by atoms with E-state index in [-0.39, 0.29) is 5.91 Å². The number of H-pyrrole nitrogens is 1. The highest BCUT2D eigenvalue weighted by atomic mass is 35.5. The molecule has 0 spiro atoms. The van der Waals surface area contributed by atoms with Gasteiger partial charge in [-0.2, -0.15) is 9.97 Å². The van der Waals surface area contributed by atoms with Gasteiger partial charge in [0.25, 0.3) is 5.91 Å². The maximum absolute atomic E-state index is 13.5. The van der Waals surface area contributed by atoms with E-state index in [0.717, 1.165) is 57.6 Å². The summed E-state index contributed by atoms with van der Waals surface area (Å²) < 4.78 is 17.4. The number of nitrogens with zero attached hydrogens (tertiary/aromatic N) is 4. The van der Waals surface area contributed by atoms with Gasteiger partial charge in [-0.05, 0) is 25.0 Å². The van der Waals surface area contributed by atoms with Crippen LogP contribution in [-0.4, -0.2) is 96.4 Å². The first kappa shape index (κ1) is 24.1. The number of carbonyl (C=O) groups excluding carboxylic acids is 1. The molecule has 0 aliphatic carbocycles. The Hall–Kier alpha value is -3.28. The lowest BCUT2D eigenvalue weighted by Gasteiger charge is -2.40. The number of halogens is 1. The van der Waals surface area contributed by atoms with Crippen LogP contribution in [0.4, 0.5) is 17.5 Å². The van der Waals surface area contributed by atoms with Crippen molar-refractivity contribution in [3.8, 4) is 11.5 Å². The first-order valence-corrected chi connectivity index (χ1v) is 13.0. The molecule has 196 valence electrons. The first-order valence-electron chi connectivity index (χ1n) is 12.7. The average molecular weight is 528 g/mol. The summed E-state index contributed by atoms with van der Waals surface area (Å²) in [4.78, 5) is 30.1. The van der Waals surface area contributed by atoms with Gasteiger partial charge in [0.2, 0.25) is 5.95 Å². The molecule has 0 atom stereocenters. The summed E-state index contributed by atoms with van der Waals surface area (Å²) in [7, 11) is 1.78. The number of amides is 1. The van der Waals surface area contributed by atoms with Crippen molar-refractivity contribution in [3.05, 3.63) is 28.9 Å². The number of aromatic amines is 1. The molecule has 1 amide bonds. The van der Waals surface area contributed by atoms with Gasteiger partial charge < -0.3 is 34.7 Å². The van der Waals surface area contributed by atoms with Crippen LogP contribution in [0.1, 0.15) is 23.2 Å². The van der Waals surface area contributed by atoms with Crippen LogP contribution in [0.15, 0.2) is 18.3 Å². The molecule has 0 radical (unpaired) electrons. The van der Waals surface area contributed by atoms with Gasteiger partial charge >= 0.3 is 0 Å². The van der Waals surface area contributed by atoms with Crippen molar-refractivity contribution in [2.45, 2.75) is 18.9 Å². The molecule has 5 heterocycles. The third kappa shape index (κ3) is 4.62. The van der Waals surface area contributed by atoms with Crippen LogP contribution in [-0.2, 0) is 4.74 Å². The Morgan fingerprint density at radius 3 is 2.57 bits per heavy atom. The average Bonchev–Trinajstić information content (AvgIpc) is 3.33. The van der Waals surface area contributed by atoms with E-state index in [4.69, 9.17) is 25.8 Å². The second-order valence-electron chi connectivity index (χ2n) is 9.32. The highest BCUT2D eigenvalue weighted by molar-refractivity contribution is 6.36. The topological polar surface area (TPSA) is 117 Å². The number of morpholine rings is 1. The number of benzene rings is 1. The van der Waals surface area contributed by atoms with Crippen LogP contribution in [0.5, 0.6) is 11.5 Å². The normalized spacial score (nSPS) is 18.7. The standard InChI is InChI=1S/C25H30ClN7O4/c1-27-22-19-17(26)14-28-23(19)31-25(30-22)29-18-3-2-16(20-21(18)37-13-12-36-20)24(34)33-6-4-15(5-7-33)32-8-10-35-11-9-32/h2-3,14-15H,4-13H2,1H3,(H3,27,28,29,30,31). The van der Waals surface area contributed by atoms with Crippen molar-refractivity contribution in [2.75, 3.05) is 70.3 Å². The molecular formula is C25H30ClN7O4. The van der Waals surface area contributed by atoms with Crippen molar-refractivity contribution in [1.82, 2.24) is 24.8 Å². The molecule has 3 aliphatic rings. The van der Waals surface area contributed by atoms with Crippen LogP contribution in [0.2, 0.25) is 5.02 Å². The minimum Gasteiger partial charge on any atom is -0.485 e. The maximum atomic E-state index is 13.5. The fraction of sp³-hybridized carbons (Fsp3) is 0.480. The number of aromatic nitrogens is 3. The third-order valence-electron chi connectivity index (χ3n) is 7.20. The number of nitrogens with one attached hydrogen (secondary N) is 3. The molecule has 1 aromatic carbocycles. The zero-order valence-electron chi connectivity index (χ0n) is 20.7. The monoisotopic (exact) mass is 527 g/mol. The molecule has 3 aromatic rings. The Balaban J connectivity index is 1.22. The fourth-order valence-corrected chi connectivity index (χ4v) is 5.54. The lowest BCUT2D eigenvalue weighted by molar-refractivity contribution is 0.00152. The van der Waals surface area contributed by atoms with Gasteiger partial charge in [0.1, 0.15) is 24.7 Å². The number of piperidine rings is 1. The molecule has 37 heavy (non-hydrogen) atoms. The van der Waals surface area contributed by atoms with E-state index in [2.05, 4.69) is 30.5 Å². The number of anilines is 3. The summed E-state index contributed by atoms with van der Waals surface area (Å²) in [6.45, 7) is 5.71. The highest BCUT2D eigenvalue weighted by Gasteiger charge is 2.31. The molecule has 3 N–H and O–H groups in total. The number of hydrogen-bond acceptors (Lipinski definition) is 9. The summed E-state index contributed by atoms with van der Waals surface area (Å²) in [6, 6.07) is 4.10. The molecular weight excluding hydrogens is 498 g/mol. The van der Waals surface area contributed by atoms with Gasteiger partial charge in [0, 0.05) is 45.5 Å². The quantitative estimate of drug-likeness (QED) is 0.460. The highest BCUT2D eigenvalue weighted by Crippen LogP contribution is 2.42. The smallest absolute Gasteiger partial charge is 0.257 e. The van der Waals surface area contributed by atoms with Gasteiger partial charge in [0.15, 0.2) is 11.5 Å². The molecule has 0 bridgehead atoms. The predicted octanol–water partition coefficient (Wildman–Crippen LogP) is 3.10. The van der Waals surface area contributed by atoms with Crippen molar-refractivity contribution < 1.29 is 19.0 Å². The molecule has 0 unspecified atom stereocenters. The molecule has 0 saturated carbocycles. The number of likely N-dealkylation sites (tertiary alicyclic amines) is 1. The van der Waals surface area contributed by atoms with Gasteiger partial charge in [0.05, 0.1) is 34.9 Å². The van der Waals surface area contributed by atoms with E-state index >= 15 is 0 Å². The number of ether oxygens (including phenoxy) is 3. The Bertz CT molecular complexity index is 1300. The second-order valence-corrected chi connectivity index (χ2v) is 9.73. The van der Waals surface area contributed by atoms with Crippen molar-refractivity contribution in [3.63, 3.8) is 0 Å². The fourth-order valence-electron chi connectivity index (χ4n) is 5.30. The van der Waals surface area contributed by atoms with Gasteiger partial charge in [-0.3, -0.25) is 9.69 Å². The minimum absolute atomic E-state index is 0.0371. The molecule has 12 heteroatoms. The Labute approximate surface area is 219 Å². The van der Waals surface area contributed by atoms with Gasteiger partial charge in [-0.15, -0.1) is 0 Å². The number of rotatable bonds is 5. The lowest BCUT2D eigenvalue weighted by atomic mass is 10.0. The van der Waals surface area contributed by atoms with E-state index in [9.17, 15) is 4.79 Å². The summed E-state index contributed by atoms with van der Waals surface area (Å²) >= 11 is 6.27. The molecule has 2 saturated heterocycles. The molecule has 3 aliphatic heterocycles. The van der Waals surface area contributed by atoms with Crippen LogP contribution in [0.25, 0.3) is 11.0 Å². The van der Waals surface area contributed by atoms with Crippen LogP contribution in [0.3, 0.4) is 0 Å². The summed E-state index contributed by atoms with van der Waals surface area (Å²) in [6.07, 6.45) is 3.59. The molecule has 6 rings (SSSR count). The summed E-state index contributed by atoms with van der Waals surface area (Å²) in [5, 5.41) is 7.54. The first-order chi connectivity index (χ1) is 18.1.